The molecule has 0 bridgehead atoms. The standard InChI is InChI=1S/C17H21FN2/c1-12-8-9-15(18)14(10-12)17(11-19)20(3)16-7-5-4-6-13(16)2/h4-10,17H,11,19H2,1-3H3. The second-order valence-corrected chi connectivity index (χ2v) is 5.17. The minimum atomic E-state index is -0.202. The molecule has 0 aliphatic carbocycles. The maximum atomic E-state index is 14.1. The van der Waals surface area contributed by atoms with Crippen molar-refractivity contribution in [1.82, 2.24) is 0 Å². The Morgan fingerprint density at radius 1 is 1.15 bits per heavy atom. The number of nitrogens with zero attached hydrogens (tertiary/aromatic N) is 1. The van der Waals surface area contributed by atoms with Crippen molar-refractivity contribution in [2.45, 2.75) is 19.9 Å². The van der Waals surface area contributed by atoms with E-state index in [-0.39, 0.29) is 11.9 Å². The summed E-state index contributed by atoms with van der Waals surface area (Å²) in [6.07, 6.45) is 0. The topological polar surface area (TPSA) is 29.3 Å². The summed E-state index contributed by atoms with van der Waals surface area (Å²) in [5.74, 6) is -0.202. The first-order valence-corrected chi connectivity index (χ1v) is 6.79. The summed E-state index contributed by atoms with van der Waals surface area (Å²) in [4.78, 5) is 2.05. The predicted octanol–water partition coefficient (Wildman–Crippen LogP) is 3.58. The number of likely N-dealkylation sites (N-methyl/N-ethyl adjacent to an activating group) is 1. The molecule has 0 aliphatic rings. The van der Waals surface area contributed by atoms with Crippen LogP contribution in [0.5, 0.6) is 0 Å². The molecule has 2 aromatic carbocycles. The summed E-state index contributed by atoms with van der Waals surface area (Å²) in [5.41, 5.74) is 9.82. The van der Waals surface area contributed by atoms with Gasteiger partial charge in [-0.15, -0.1) is 0 Å². The maximum Gasteiger partial charge on any atom is 0.128 e. The van der Waals surface area contributed by atoms with Crippen LogP contribution in [-0.4, -0.2) is 13.6 Å². The zero-order valence-corrected chi connectivity index (χ0v) is 12.2. The van der Waals surface area contributed by atoms with E-state index in [2.05, 4.69) is 0 Å². The first-order valence-electron chi connectivity index (χ1n) is 6.79. The summed E-state index contributed by atoms with van der Waals surface area (Å²) in [6.45, 7) is 4.38. The molecule has 0 heterocycles. The fourth-order valence-electron chi connectivity index (χ4n) is 2.54. The third kappa shape index (κ3) is 2.83. The highest BCUT2D eigenvalue weighted by atomic mass is 19.1. The Kier molecular flexibility index (Phi) is 4.40. The molecule has 0 radical (unpaired) electrons. The summed E-state index contributed by atoms with van der Waals surface area (Å²) in [6, 6.07) is 13.1. The Morgan fingerprint density at radius 2 is 1.85 bits per heavy atom. The summed E-state index contributed by atoms with van der Waals surface area (Å²) in [7, 11) is 1.96. The van der Waals surface area contributed by atoms with Crippen molar-refractivity contribution in [3.05, 3.63) is 65.0 Å². The van der Waals surface area contributed by atoms with Crippen LogP contribution in [0.4, 0.5) is 10.1 Å². The van der Waals surface area contributed by atoms with Crippen molar-refractivity contribution in [2.75, 3.05) is 18.5 Å². The van der Waals surface area contributed by atoms with E-state index in [1.54, 1.807) is 6.07 Å². The number of nitrogens with two attached hydrogens (primary N) is 1. The molecular weight excluding hydrogens is 251 g/mol. The number of aryl methyl sites for hydroxylation is 2. The molecular formula is C17H21FN2. The highest BCUT2D eigenvalue weighted by molar-refractivity contribution is 5.54. The van der Waals surface area contributed by atoms with E-state index in [4.69, 9.17) is 5.73 Å². The molecule has 20 heavy (non-hydrogen) atoms. The molecule has 0 fully saturated rings. The molecule has 2 N–H and O–H groups in total. The van der Waals surface area contributed by atoms with E-state index in [0.29, 0.717) is 12.1 Å². The molecule has 0 aliphatic heterocycles. The van der Waals surface area contributed by atoms with Crippen LogP contribution < -0.4 is 10.6 Å². The van der Waals surface area contributed by atoms with Crippen LogP contribution >= 0.6 is 0 Å². The van der Waals surface area contributed by atoms with Crippen LogP contribution in [-0.2, 0) is 0 Å². The zero-order valence-electron chi connectivity index (χ0n) is 12.2. The number of benzene rings is 2. The Labute approximate surface area is 120 Å². The number of hydrogen-bond donors (Lipinski definition) is 1. The largest absolute Gasteiger partial charge is 0.366 e. The Hall–Kier alpha value is -1.87. The van der Waals surface area contributed by atoms with E-state index >= 15 is 0 Å². The maximum absolute atomic E-state index is 14.1. The highest BCUT2D eigenvalue weighted by Gasteiger charge is 2.20. The molecule has 0 saturated carbocycles. The molecule has 2 nitrogen and oxygen atoms in total. The van der Waals surface area contributed by atoms with Gasteiger partial charge in [-0.1, -0.05) is 35.9 Å². The lowest BCUT2D eigenvalue weighted by Crippen LogP contribution is -2.31. The quantitative estimate of drug-likeness (QED) is 0.921. The minimum Gasteiger partial charge on any atom is -0.366 e. The Balaban J connectivity index is 2.42. The van der Waals surface area contributed by atoms with Crippen LogP contribution in [0.15, 0.2) is 42.5 Å². The monoisotopic (exact) mass is 272 g/mol. The number of anilines is 1. The fraction of sp³-hybridized carbons (Fsp3) is 0.294. The molecule has 106 valence electrons. The zero-order chi connectivity index (χ0) is 14.7. The van der Waals surface area contributed by atoms with E-state index < -0.39 is 0 Å². The van der Waals surface area contributed by atoms with E-state index in [9.17, 15) is 4.39 Å². The third-order valence-electron chi connectivity index (χ3n) is 3.70. The average Bonchev–Trinajstić information content (AvgIpc) is 2.44. The molecule has 0 spiro atoms. The van der Waals surface area contributed by atoms with Crippen molar-refractivity contribution >= 4 is 5.69 Å². The molecule has 2 rings (SSSR count). The van der Waals surface area contributed by atoms with Gasteiger partial charge in [-0.25, -0.2) is 4.39 Å². The lowest BCUT2D eigenvalue weighted by atomic mass is 10.0. The third-order valence-corrected chi connectivity index (χ3v) is 3.70. The normalized spacial score (nSPS) is 12.2. The van der Waals surface area contributed by atoms with Crippen molar-refractivity contribution in [3.63, 3.8) is 0 Å². The Morgan fingerprint density at radius 3 is 2.50 bits per heavy atom. The van der Waals surface area contributed by atoms with Gasteiger partial charge in [0.1, 0.15) is 5.82 Å². The number of rotatable bonds is 4. The van der Waals surface area contributed by atoms with Gasteiger partial charge in [0.2, 0.25) is 0 Å². The molecule has 0 amide bonds. The van der Waals surface area contributed by atoms with Crippen LogP contribution in [0, 0.1) is 19.7 Å². The van der Waals surface area contributed by atoms with Gasteiger partial charge in [0, 0.05) is 24.8 Å². The lowest BCUT2D eigenvalue weighted by Gasteiger charge is -2.31. The van der Waals surface area contributed by atoms with Gasteiger partial charge >= 0.3 is 0 Å². The van der Waals surface area contributed by atoms with Gasteiger partial charge in [-0.05, 0) is 31.5 Å². The van der Waals surface area contributed by atoms with Crippen molar-refractivity contribution in [3.8, 4) is 0 Å². The van der Waals surface area contributed by atoms with Gasteiger partial charge in [0.25, 0.3) is 0 Å². The number of para-hydroxylation sites is 1. The van der Waals surface area contributed by atoms with Crippen molar-refractivity contribution < 1.29 is 4.39 Å². The number of hydrogen-bond acceptors (Lipinski definition) is 2. The fourth-order valence-corrected chi connectivity index (χ4v) is 2.54. The number of halogens is 1. The molecule has 1 unspecified atom stereocenters. The van der Waals surface area contributed by atoms with E-state index in [1.165, 1.54) is 6.07 Å². The lowest BCUT2D eigenvalue weighted by molar-refractivity contribution is 0.572. The SMILES string of the molecule is Cc1ccc(F)c(C(CN)N(C)c2ccccc2C)c1. The van der Waals surface area contributed by atoms with Crippen LogP contribution in [0.3, 0.4) is 0 Å². The molecule has 0 aromatic heterocycles. The first kappa shape index (κ1) is 14.5. The Bertz CT molecular complexity index is 595. The van der Waals surface area contributed by atoms with Gasteiger partial charge in [-0.2, -0.15) is 0 Å². The van der Waals surface area contributed by atoms with Crippen LogP contribution in [0.1, 0.15) is 22.7 Å². The van der Waals surface area contributed by atoms with Gasteiger partial charge in [0.15, 0.2) is 0 Å². The van der Waals surface area contributed by atoms with Gasteiger partial charge in [-0.3, -0.25) is 0 Å². The average molecular weight is 272 g/mol. The predicted molar refractivity (Wildman–Crippen MR) is 82.5 cm³/mol. The second-order valence-electron chi connectivity index (χ2n) is 5.17. The summed E-state index contributed by atoms with van der Waals surface area (Å²) >= 11 is 0. The summed E-state index contributed by atoms with van der Waals surface area (Å²) in [5, 5.41) is 0. The van der Waals surface area contributed by atoms with Gasteiger partial charge in [0.05, 0.1) is 6.04 Å². The molecule has 0 saturated heterocycles. The molecule has 1 atom stereocenters. The minimum absolute atomic E-state index is 0.170. The van der Waals surface area contributed by atoms with Gasteiger partial charge < -0.3 is 10.6 Å². The molecule has 3 heteroatoms. The van der Waals surface area contributed by atoms with Crippen LogP contribution in [0.2, 0.25) is 0 Å². The van der Waals surface area contributed by atoms with Crippen molar-refractivity contribution in [1.29, 1.82) is 0 Å². The highest BCUT2D eigenvalue weighted by Crippen LogP contribution is 2.29. The second kappa shape index (κ2) is 6.06. The smallest absolute Gasteiger partial charge is 0.128 e. The molecule has 2 aromatic rings. The summed E-state index contributed by atoms with van der Waals surface area (Å²) < 4.78 is 14.1. The van der Waals surface area contributed by atoms with E-state index in [0.717, 1.165) is 16.8 Å². The first-order chi connectivity index (χ1) is 9.54. The van der Waals surface area contributed by atoms with E-state index in [1.807, 2.05) is 56.1 Å². The van der Waals surface area contributed by atoms with Crippen molar-refractivity contribution in [2.24, 2.45) is 5.73 Å². The van der Waals surface area contributed by atoms with Crippen LogP contribution in [0.25, 0.3) is 0 Å².